The molecular formula is C8H11ClN2O2. The summed E-state index contributed by atoms with van der Waals surface area (Å²) in [5.41, 5.74) is -0.228. The van der Waals surface area contributed by atoms with Gasteiger partial charge in [0.25, 0.3) is 5.56 Å². The molecule has 4 nitrogen and oxygen atoms in total. The van der Waals surface area contributed by atoms with Crippen LogP contribution in [0.25, 0.3) is 0 Å². The van der Waals surface area contributed by atoms with Crippen LogP contribution in [0.1, 0.15) is 12.5 Å². The maximum Gasteiger partial charge on any atom is 0.331 e. The summed E-state index contributed by atoms with van der Waals surface area (Å²) in [5.74, 6) is 0. The SMILES string of the molecule is CCc1c(Cl)n(C)c(=O)n(C)c1=O. The summed E-state index contributed by atoms with van der Waals surface area (Å²) in [4.78, 5) is 22.8. The van der Waals surface area contributed by atoms with Crippen LogP contribution in [0, 0.1) is 0 Å². The van der Waals surface area contributed by atoms with Gasteiger partial charge in [-0.1, -0.05) is 18.5 Å². The van der Waals surface area contributed by atoms with Crippen molar-refractivity contribution in [2.75, 3.05) is 0 Å². The van der Waals surface area contributed by atoms with Gasteiger partial charge in [0.2, 0.25) is 0 Å². The lowest BCUT2D eigenvalue weighted by Gasteiger charge is -2.07. The monoisotopic (exact) mass is 202 g/mol. The maximum atomic E-state index is 11.5. The second kappa shape index (κ2) is 3.38. The molecule has 0 aliphatic carbocycles. The number of rotatable bonds is 1. The minimum absolute atomic E-state index is 0.232. The minimum Gasteiger partial charge on any atom is -0.287 e. The summed E-state index contributed by atoms with van der Waals surface area (Å²) in [6.07, 6.45) is 0.527. The molecule has 0 amide bonds. The smallest absolute Gasteiger partial charge is 0.287 e. The van der Waals surface area contributed by atoms with Crippen molar-refractivity contribution in [1.82, 2.24) is 9.13 Å². The van der Waals surface area contributed by atoms with Gasteiger partial charge >= 0.3 is 5.69 Å². The zero-order valence-corrected chi connectivity index (χ0v) is 8.55. The van der Waals surface area contributed by atoms with Crippen molar-refractivity contribution in [1.29, 1.82) is 0 Å². The van der Waals surface area contributed by atoms with Gasteiger partial charge in [0.05, 0.1) is 5.56 Å². The van der Waals surface area contributed by atoms with Crippen molar-refractivity contribution in [2.45, 2.75) is 13.3 Å². The van der Waals surface area contributed by atoms with Crippen LogP contribution in [0.2, 0.25) is 5.15 Å². The summed E-state index contributed by atoms with van der Waals surface area (Å²) in [7, 11) is 2.99. The fraction of sp³-hybridized carbons (Fsp3) is 0.500. The lowest BCUT2D eigenvalue weighted by Crippen LogP contribution is -2.39. The van der Waals surface area contributed by atoms with E-state index in [-0.39, 0.29) is 10.7 Å². The second-order valence-corrected chi connectivity index (χ2v) is 3.19. The lowest BCUT2D eigenvalue weighted by molar-refractivity contribution is 0.671. The second-order valence-electron chi connectivity index (χ2n) is 2.83. The number of hydrogen-bond donors (Lipinski definition) is 0. The molecule has 1 heterocycles. The highest BCUT2D eigenvalue weighted by Gasteiger charge is 2.11. The van der Waals surface area contributed by atoms with Crippen LogP contribution < -0.4 is 11.2 Å². The summed E-state index contributed by atoms with van der Waals surface area (Å²) < 4.78 is 2.33. The molecule has 0 N–H and O–H groups in total. The van der Waals surface area contributed by atoms with Crippen LogP contribution in [-0.4, -0.2) is 9.13 Å². The molecule has 0 radical (unpaired) electrons. The van der Waals surface area contributed by atoms with E-state index in [0.717, 1.165) is 4.57 Å². The molecule has 5 heteroatoms. The molecule has 0 aromatic carbocycles. The molecule has 0 aliphatic heterocycles. The van der Waals surface area contributed by atoms with E-state index in [4.69, 9.17) is 11.6 Å². The number of halogens is 1. The number of aromatic nitrogens is 2. The van der Waals surface area contributed by atoms with Gasteiger partial charge in [0, 0.05) is 14.1 Å². The first-order chi connectivity index (χ1) is 6.00. The van der Waals surface area contributed by atoms with Crippen LogP contribution in [-0.2, 0) is 20.5 Å². The number of nitrogens with zero attached hydrogens (tertiary/aromatic N) is 2. The molecular weight excluding hydrogens is 192 g/mol. The van der Waals surface area contributed by atoms with Gasteiger partial charge < -0.3 is 0 Å². The van der Waals surface area contributed by atoms with Gasteiger partial charge in [-0.2, -0.15) is 0 Å². The molecule has 13 heavy (non-hydrogen) atoms. The highest BCUT2D eigenvalue weighted by molar-refractivity contribution is 6.30. The molecule has 72 valence electrons. The first-order valence-electron chi connectivity index (χ1n) is 3.95. The van der Waals surface area contributed by atoms with E-state index in [2.05, 4.69) is 0 Å². The van der Waals surface area contributed by atoms with Crippen molar-refractivity contribution >= 4 is 11.6 Å². The molecule has 0 aliphatic rings. The molecule has 0 bridgehead atoms. The summed E-state index contributed by atoms with van der Waals surface area (Å²) in [6.45, 7) is 1.83. The van der Waals surface area contributed by atoms with E-state index in [1.807, 2.05) is 6.92 Å². The van der Waals surface area contributed by atoms with Gasteiger partial charge in [0.15, 0.2) is 0 Å². The Labute approximate surface area is 80.4 Å². The summed E-state index contributed by atoms with van der Waals surface area (Å²) >= 11 is 5.83. The summed E-state index contributed by atoms with van der Waals surface area (Å²) in [6, 6.07) is 0. The largest absolute Gasteiger partial charge is 0.331 e. The Balaban J connectivity index is 3.78. The van der Waals surface area contributed by atoms with Crippen LogP contribution in [0.15, 0.2) is 9.59 Å². The van der Waals surface area contributed by atoms with E-state index in [1.54, 1.807) is 7.05 Å². The van der Waals surface area contributed by atoms with Crippen molar-refractivity contribution in [3.05, 3.63) is 31.6 Å². The van der Waals surface area contributed by atoms with Crippen molar-refractivity contribution in [3.63, 3.8) is 0 Å². The quantitative estimate of drug-likeness (QED) is 0.615. The van der Waals surface area contributed by atoms with Crippen LogP contribution in [0.5, 0.6) is 0 Å². The van der Waals surface area contributed by atoms with Crippen LogP contribution >= 0.6 is 11.6 Å². The molecule has 1 aromatic heterocycles. The Kier molecular flexibility index (Phi) is 2.61. The van der Waals surface area contributed by atoms with Gasteiger partial charge in [-0.3, -0.25) is 13.9 Å². The normalized spacial score (nSPS) is 10.5. The molecule has 0 saturated carbocycles. The standard InChI is InChI=1S/C8H11ClN2O2/c1-4-5-6(9)10(2)8(13)11(3)7(5)12/h4H2,1-3H3. The number of hydrogen-bond acceptors (Lipinski definition) is 2. The van der Waals surface area contributed by atoms with Gasteiger partial charge in [-0.15, -0.1) is 0 Å². The molecule has 0 spiro atoms. The Morgan fingerprint density at radius 2 is 1.77 bits per heavy atom. The molecule has 0 atom stereocenters. The van der Waals surface area contributed by atoms with E-state index in [9.17, 15) is 9.59 Å². The Morgan fingerprint density at radius 3 is 2.23 bits per heavy atom. The highest BCUT2D eigenvalue weighted by atomic mass is 35.5. The van der Waals surface area contributed by atoms with Crippen molar-refractivity contribution < 1.29 is 0 Å². The summed E-state index contributed by atoms with van der Waals surface area (Å²) in [5, 5.41) is 0.232. The molecule has 0 fully saturated rings. The lowest BCUT2D eigenvalue weighted by atomic mass is 10.2. The van der Waals surface area contributed by atoms with E-state index in [1.165, 1.54) is 11.6 Å². The topological polar surface area (TPSA) is 44.0 Å². The van der Waals surface area contributed by atoms with Gasteiger partial charge in [-0.25, -0.2) is 4.79 Å². The molecule has 0 unspecified atom stereocenters. The Morgan fingerprint density at radius 1 is 1.23 bits per heavy atom. The van der Waals surface area contributed by atoms with Crippen molar-refractivity contribution in [3.8, 4) is 0 Å². The molecule has 0 saturated heterocycles. The van der Waals surface area contributed by atoms with E-state index < -0.39 is 5.69 Å². The fourth-order valence-electron chi connectivity index (χ4n) is 1.19. The molecule has 1 rings (SSSR count). The molecule has 1 aromatic rings. The van der Waals surface area contributed by atoms with E-state index in [0.29, 0.717) is 12.0 Å². The van der Waals surface area contributed by atoms with Crippen LogP contribution in [0.3, 0.4) is 0 Å². The van der Waals surface area contributed by atoms with Crippen LogP contribution in [0.4, 0.5) is 0 Å². The average molecular weight is 203 g/mol. The predicted molar refractivity (Wildman–Crippen MR) is 51.3 cm³/mol. The first kappa shape index (κ1) is 10.1. The highest BCUT2D eigenvalue weighted by Crippen LogP contribution is 2.08. The third-order valence-corrected chi connectivity index (χ3v) is 2.52. The van der Waals surface area contributed by atoms with Gasteiger partial charge in [0.1, 0.15) is 5.15 Å². The third-order valence-electron chi connectivity index (χ3n) is 2.03. The van der Waals surface area contributed by atoms with E-state index >= 15 is 0 Å². The average Bonchev–Trinajstić information content (AvgIpc) is 2.13. The fourth-order valence-corrected chi connectivity index (χ4v) is 1.47. The Hall–Kier alpha value is -1.03. The zero-order chi connectivity index (χ0) is 10.2. The van der Waals surface area contributed by atoms with Gasteiger partial charge in [-0.05, 0) is 6.42 Å². The zero-order valence-electron chi connectivity index (χ0n) is 7.80. The first-order valence-corrected chi connectivity index (χ1v) is 4.32. The Bertz CT molecular complexity index is 445. The minimum atomic E-state index is -0.396. The maximum absolute atomic E-state index is 11.5. The van der Waals surface area contributed by atoms with Crippen molar-refractivity contribution in [2.24, 2.45) is 14.1 Å². The third kappa shape index (κ3) is 1.42. The predicted octanol–water partition coefficient (Wildman–Crippen LogP) is 0.300.